The van der Waals surface area contributed by atoms with Gasteiger partial charge in [0.15, 0.2) is 0 Å². The molecule has 1 fully saturated rings. The highest BCUT2D eigenvalue weighted by molar-refractivity contribution is 9.10. The van der Waals surface area contributed by atoms with E-state index in [-0.39, 0.29) is 5.97 Å². The van der Waals surface area contributed by atoms with Gasteiger partial charge in [-0.3, -0.25) is 5.32 Å². The number of carbonyl (C=O) groups is 1. The lowest BCUT2D eigenvalue weighted by Crippen LogP contribution is -2.51. The van der Waals surface area contributed by atoms with Crippen molar-refractivity contribution in [2.24, 2.45) is 0 Å². The van der Waals surface area contributed by atoms with Gasteiger partial charge in [-0.2, -0.15) is 0 Å². The summed E-state index contributed by atoms with van der Waals surface area (Å²) in [5.74, 6) is -0.244. The number of halogens is 1. The van der Waals surface area contributed by atoms with E-state index in [0.29, 0.717) is 6.04 Å². The number of carbonyl (C=O) groups excluding carboxylic acids is 1. The summed E-state index contributed by atoms with van der Waals surface area (Å²) >= 11 is 3.53. The van der Waals surface area contributed by atoms with E-state index in [0.717, 1.165) is 22.9 Å². The maximum absolute atomic E-state index is 12.3. The molecular formula is C15H20BrNO2. The van der Waals surface area contributed by atoms with E-state index in [1.165, 1.54) is 20.0 Å². The highest BCUT2D eigenvalue weighted by Crippen LogP contribution is 2.32. The summed E-state index contributed by atoms with van der Waals surface area (Å²) in [5, 5.41) is 3.50. The Morgan fingerprint density at radius 1 is 1.37 bits per heavy atom. The van der Waals surface area contributed by atoms with Gasteiger partial charge >= 0.3 is 5.97 Å². The van der Waals surface area contributed by atoms with Crippen LogP contribution in [0.1, 0.15) is 38.2 Å². The number of rotatable bonds is 4. The normalized spacial score (nSPS) is 19.1. The first-order valence-corrected chi connectivity index (χ1v) is 7.48. The number of methoxy groups -OCH3 is 1. The first-order valence-electron chi connectivity index (χ1n) is 6.69. The van der Waals surface area contributed by atoms with Gasteiger partial charge in [0, 0.05) is 10.5 Å². The average molecular weight is 326 g/mol. The van der Waals surface area contributed by atoms with Crippen LogP contribution in [0, 0.1) is 0 Å². The van der Waals surface area contributed by atoms with Gasteiger partial charge in [-0.05, 0) is 31.4 Å². The van der Waals surface area contributed by atoms with Gasteiger partial charge in [-0.1, -0.05) is 47.0 Å². The third-order valence-corrected chi connectivity index (χ3v) is 4.55. The third-order valence-electron chi connectivity index (χ3n) is 3.85. The summed E-state index contributed by atoms with van der Waals surface area (Å²) in [4.78, 5) is 12.3. The second-order valence-corrected chi connectivity index (χ2v) is 6.08. The van der Waals surface area contributed by atoms with Crippen molar-refractivity contribution >= 4 is 21.9 Å². The summed E-state index contributed by atoms with van der Waals surface area (Å²) in [6.45, 7) is 1.90. The van der Waals surface area contributed by atoms with Gasteiger partial charge in [0.25, 0.3) is 0 Å². The smallest absolute Gasteiger partial charge is 0.330 e. The number of hydrogen-bond acceptors (Lipinski definition) is 3. The molecule has 3 nitrogen and oxygen atoms in total. The van der Waals surface area contributed by atoms with Crippen LogP contribution >= 0.6 is 15.9 Å². The van der Waals surface area contributed by atoms with E-state index in [4.69, 9.17) is 4.74 Å². The molecule has 0 aromatic heterocycles. The molecule has 1 aliphatic carbocycles. The van der Waals surface area contributed by atoms with Crippen molar-refractivity contribution in [2.75, 3.05) is 7.11 Å². The van der Waals surface area contributed by atoms with Crippen LogP contribution in [0.3, 0.4) is 0 Å². The first-order chi connectivity index (χ1) is 9.08. The molecule has 1 aromatic rings. The summed E-state index contributed by atoms with van der Waals surface area (Å²) < 4.78 is 5.94. The topological polar surface area (TPSA) is 38.3 Å². The Labute approximate surface area is 122 Å². The molecule has 0 bridgehead atoms. The predicted octanol–water partition coefficient (Wildman–Crippen LogP) is 3.37. The van der Waals surface area contributed by atoms with Gasteiger partial charge in [-0.15, -0.1) is 0 Å². The van der Waals surface area contributed by atoms with Gasteiger partial charge < -0.3 is 4.74 Å². The van der Waals surface area contributed by atoms with Gasteiger partial charge in [0.1, 0.15) is 5.54 Å². The van der Waals surface area contributed by atoms with Crippen LogP contribution in [0.4, 0.5) is 0 Å². The van der Waals surface area contributed by atoms with E-state index in [2.05, 4.69) is 21.2 Å². The minimum atomic E-state index is -0.802. The van der Waals surface area contributed by atoms with Crippen LogP contribution < -0.4 is 5.32 Å². The van der Waals surface area contributed by atoms with Gasteiger partial charge in [-0.25, -0.2) is 4.79 Å². The zero-order chi connectivity index (χ0) is 13.9. The van der Waals surface area contributed by atoms with Crippen molar-refractivity contribution in [2.45, 2.75) is 44.2 Å². The maximum Gasteiger partial charge on any atom is 0.330 e. The average Bonchev–Trinajstić information content (AvgIpc) is 2.90. The molecule has 1 saturated carbocycles. The largest absolute Gasteiger partial charge is 0.467 e. The SMILES string of the molecule is COC(=O)C(C)(NC1CCCC1)c1ccccc1Br. The minimum absolute atomic E-state index is 0.244. The number of esters is 1. The molecule has 4 heteroatoms. The maximum atomic E-state index is 12.3. The van der Waals surface area contributed by atoms with E-state index >= 15 is 0 Å². The van der Waals surface area contributed by atoms with Crippen molar-refractivity contribution in [3.63, 3.8) is 0 Å². The third kappa shape index (κ3) is 3.00. The van der Waals surface area contributed by atoms with Crippen molar-refractivity contribution in [3.05, 3.63) is 34.3 Å². The Morgan fingerprint density at radius 2 is 2.00 bits per heavy atom. The second-order valence-electron chi connectivity index (χ2n) is 5.22. The van der Waals surface area contributed by atoms with Crippen LogP contribution in [0.25, 0.3) is 0 Å². The summed E-state index contributed by atoms with van der Waals surface area (Å²) in [5.41, 5.74) is 0.123. The highest BCUT2D eigenvalue weighted by Gasteiger charge is 2.39. The number of hydrogen-bond donors (Lipinski definition) is 1. The highest BCUT2D eigenvalue weighted by atomic mass is 79.9. The zero-order valence-electron chi connectivity index (χ0n) is 11.4. The zero-order valence-corrected chi connectivity index (χ0v) is 13.0. The summed E-state index contributed by atoms with van der Waals surface area (Å²) in [6.07, 6.45) is 4.70. The summed E-state index contributed by atoms with van der Waals surface area (Å²) in [7, 11) is 1.44. The quantitative estimate of drug-likeness (QED) is 0.862. The number of ether oxygens (including phenoxy) is 1. The minimum Gasteiger partial charge on any atom is -0.467 e. The summed E-state index contributed by atoms with van der Waals surface area (Å²) in [6, 6.07) is 8.19. The van der Waals surface area contributed by atoms with E-state index < -0.39 is 5.54 Å². The molecule has 104 valence electrons. The fraction of sp³-hybridized carbons (Fsp3) is 0.533. The fourth-order valence-corrected chi connectivity index (χ4v) is 3.48. The Hall–Kier alpha value is -0.870. The van der Waals surface area contributed by atoms with Crippen molar-refractivity contribution in [3.8, 4) is 0 Å². The van der Waals surface area contributed by atoms with E-state index in [9.17, 15) is 4.79 Å². The molecule has 2 rings (SSSR count). The Kier molecular flexibility index (Phi) is 4.63. The molecule has 1 N–H and O–H groups in total. The Bertz CT molecular complexity index is 457. The van der Waals surface area contributed by atoms with Crippen LogP contribution in [0.5, 0.6) is 0 Å². The van der Waals surface area contributed by atoms with Gasteiger partial charge in [0.2, 0.25) is 0 Å². The van der Waals surface area contributed by atoms with Crippen molar-refractivity contribution in [1.29, 1.82) is 0 Å². The lowest BCUT2D eigenvalue weighted by atomic mass is 9.90. The lowest BCUT2D eigenvalue weighted by Gasteiger charge is -2.32. The number of benzene rings is 1. The van der Waals surface area contributed by atoms with Crippen LogP contribution in [-0.2, 0) is 15.1 Å². The molecule has 0 amide bonds. The molecule has 1 aliphatic rings. The molecule has 1 atom stereocenters. The fourth-order valence-electron chi connectivity index (χ4n) is 2.80. The molecule has 0 radical (unpaired) electrons. The molecule has 0 saturated heterocycles. The van der Waals surface area contributed by atoms with Crippen molar-refractivity contribution < 1.29 is 9.53 Å². The molecular weight excluding hydrogens is 306 g/mol. The Balaban J connectivity index is 2.33. The van der Waals surface area contributed by atoms with Gasteiger partial charge in [0.05, 0.1) is 7.11 Å². The number of nitrogens with one attached hydrogen (secondary N) is 1. The standard InChI is InChI=1S/C15H20BrNO2/c1-15(14(18)19-2,17-11-7-3-4-8-11)12-9-5-6-10-13(12)16/h5-6,9-11,17H,3-4,7-8H2,1-2H3. The second kappa shape index (κ2) is 6.06. The first kappa shape index (κ1) is 14.5. The molecule has 0 heterocycles. The van der Waals surface area contributed by atoms with Crippen LogP contribution in [-0.4, -0.2) is 19.1 Å². The molecule has 19 heavy (non-hydrogen) atoms. The van der Waals surface area contributed by atoms with E-state index in [1.54, 1.807) is 0 Å². The van der Waals surface area contributed by atoms with Crippen LogP contribution in [0.2, 0.25) is 0 Å². The molecule has 0 aliphatic heterocycles. The lowest BCUT2D eigenvalue weighted by molar-refractivity contribution is -0.148. The Morgan fingerprint density at radius 3 is 2.58 bits per heavy atom. The molecule has 1 unspecified atom stereocenters. The monoisotopic (exact) mass is 325 g/mol. The predicted molar refractivity (Wildman–Crippen MR) is 78.9 cm³/mol. The van der Waals surface area contributed by atoms with Crippen LogP contribution in [0.15, 0.2) is 28.7 Å². The van der Waals surface area contributed by atoms with E-state index in [1.807, 2.05) is 31.2 Å². The molecule has 1 aromatic carbocycles. The molecule has 0 spiro atoms. The van der Waals surface area contributed by atoms with Crippen molar-refractivity contribution in [1.82, 2.24) is 5.32 Å².